The smallest absolute Gasteiger partial charge is 0.234 e. The van der Waals surface area contributed by atoms with E-state index in [9.17, 15) is 4.79 Å². The van der Waals surface area contributed by atoms with E-state index in [4.69, 9.17) is 0 Å². The van der Waals surface area contributed by atoms with Crippen LogP contribution in [0.4, 0.5) is 0 Å². The van der Waals surface area contributed by atoms with E-state index in [2.05, 4.69) is 15.7 Å². The van der Waals surface area contributed by atoms with Crippen LogP contribution in [-0.4, -0.2) is 29.3 Å². The Labute approximate surface area is 89.9 Å². The van der Waals surface area contributed by atoms with Crippen LogP contribution in [0.2, 0.25) is 0 Å². The first-order chi connectivity index (χ1) is 7.06. The van der Waals surface area contributed by atoms with E-state index in [1.165, 1.54) is 0 Å². The maximum Gasteiger partial charge on any atom is 0.234 e. The van der Waals surface area contributed by atoms with Crippen molar-refractivity contribution in [2.24, 2.45) is 7.05 Å². The molecule has 15 heavy (non-hydrogen) atoms. The summed E-state index contributed by atoms with van der Waals surface area (Å²) in [5.41, 5.74) is 3.17. The standard InChI is InChI=1S/C10H18N4O/c1-7-9(8(2)14(4)13-7)5-12-10(15)6-11-3/h11H,5-6H2,1-4H3,(H,12,15). The Hall–Kier alpha value is -1.36. The van der Waals surface area contributed by atoms with Gasteiger partial charge in [-0.05, 0) is 20.9 Å². The normalized spacial score (nSPS) is 10.4. The fourth-order valence-electron chi connectivity index (χ4n) is 1.48. The van der Waals surface area contributed by atoms with E-state index in [-0.39, 0.29) is 5.91 Å². The van der Waals surface area contributed by atoms with Gasteiger partial charge in [-0.2, -0.15) is 5.10 Å². The van der Waals surface area contributed by atoms with Crippen molar-refractivity contribution in [3.63, 3.8) is 0 Å². The lowest BCUT2D eigenvalue weighted by Crippen LogP contribution is -2.31. The quantitative estimate of drug-likeness (QED) is 0.728. The fourth-order valence-corrected chi connectivity index (χ4v) is 1.48. The molecule has 1 heterocycles. The average Bonchev–Trinajstić information content (AvgIpc) is 2.40. The fraction of sp³-hybridized carbons (Fsp3) is 0.600. The van der Waals surface area contributed by atoms with E-state index in [1.807, 2.05) is 25.6 Å². The lowest BCUT2D eigenvalue weighted by atomic mass is 10.2. The predicted octanol–water partition coefficient (Wildman–Crippen LogP) is -0.127. The molecule has 0 bridgehead atoms. The van der Waals surface area contributed by atoms with E-state index < -0.39 is 0 Å². The number of rotatable bonds is 4. The molecule has 0 radical (unpaired) electrons. The van der Waals surface area contributed by atoms with Gasteiger partial charge in [-0.1, -0.05) is 0 Å². The van der Waals surface area contributed by atoms with Gasteiger partial charge in [-0.15, -0.1) is 0 Å². The molecule has 0 spiro atoms. The van der Waals surface area contributed by atoms with Crippen molar-refractivity contribution in [3.05, 3.63) is 17.0 Å². The Morgan fingerprint density at radius 1 is 1.47 bits per heavy atom. The Balaban J connectivity index is 2.61. The van der Waals surface area contributed by atoms with Gasteiger partial charge in [0.15, 0.2) is 0 Å². The van der Waals surface area contributed by atoms with Gasteiger partial charge in [0.1, 0.15) is 0 Å². The van der Waals surface area contributed by atoms with Crippen molar-refractivity contribution in [1.29, 1.82) is 0 Å². The SMILES string of the molecule is CNCC(=O)NCc1c(C)nn(C)c1C. The van der Waals surface area contributed by atoms with Crippen molar-refractivity contribution >= 4 is 5.91 Å². The molecule has 0 unspecified atom stereocenters. The van der Waals surface area contributed by atoms with E-state index >= 15 is 0 Å². The zero-order valence-corrected chi connectivity index (χ0v) is 9.72. The van der Waals surface area contributed by atoms with Gasteiger partial charge in [0.2, 0.25) is 5.91 Å². The van der Waals surface area contributed by atoms with Crippen molar-refractivity contribution in [2.45, 2.75) is 20.4 Å². The molecule has 1 aromatic heterocycles. The van der Waals surface area contributed by atoms with E-state index in [1.54, 1.807) is 7.05 Å². The molecular weight excluding hydrogens is 192 g/mol. The molecule has 0 fully saturated rings. The summed E-state index contributed by atoms with van der Waals surface area (Å²) >= 11 is 0. The third-order valence-corrected chi connectivity index (χ3v) is 2.46. The predicted molar refractivity (Wildman–Crippen MR) is 58.5 cm³/mol. The number of carbonyl (C=O) groups excluding carboxylic acids is 1. The highest BCUT2D eigenvalue weighted by molar-refractivity contribution is 5.77. The number of nitrogens with one attached hydrogen (secondary N) is 2. The van der Waals surface area contributed by atoms with Gasteiger partial charge in [-0.25, -0.2) is 0 Å². The van der Waals surface area contributed by atoms with Gasteiger partial charge in [0.25, 0.3) is 0 Å². The Morgan fingerprint density at radius 3 is 2.60 bits per heavy atom. The molecule has 0 aromatic carbocycles. The van der Waals surface area contributed by atoms with Crippen LogP contribution in [0.25, 0.3) is 0 Å². The van der Waals surface area contributed by atoms with E-state index in [0.29, 0.717) is 13.1 Å². The van der Waals surface area contributed by atoms with Crippen LogP contribution in [0.1, 0.15) is 17.0 Å². The molecular formula is C10H18N4O. The topological polar surface area (TPSA) is 59.0 Å². The van der Waals surface area contributed by atoms with Crippen LogP contribution in [0.3, 0.4) is 0 Å². The molecule has 2 N–H and O–H groups in total. The summed E-state index contributed by atoms with van der Waals surface area (Å²) in [5, 5.41) is 9.93. The molecule has 0 aliphatic heterocycles. The maximum absolute atomic E-state index is 11.2. The van der Waals surface area contributed by atoms with Gasteiger partial charge in [0, 0.05) is 24.8 Å². The molecule has 5 heteroatoms. The van der Waals surface area contributed by atoms with E-state index in [0.717, 1.165) is 17.0 Å². The molecule has 84 valence electrons. The van der Waals surface area contributed by atoms with Gasteiger partial charge < -0.3 is 10.6 Å². The number of carbonyl (C=O) groups is 1. The van der Waals surface area contributed by atoms with Crippen LogP contribution >= 0.6 is 0 Å². The Morgan fingerprint density at radius 2 is 2.13 bits per heavy atom. The van der Waals surface area contributed by atoms with Crippen molar-refractivity contribution < 1.29 is 4.79 Å². The zero-order valence-electron chi connectivity index (χ0n) is 9.72. The third kappa shape index (κ3) is 2.79. The molecule has 1 amide bonds. The van der Waals surface area contributed by atoms with Crippen LogP contribution in [0.5, 0.6) is 0 Å². The number of hydrogen-bond acceptors (Lipinski definition) is 3. The van der Waals surface area contributed by atoms with Gasteiger partial charge in [0.05, 0.1) is 12.2 Å². The zero-order chi connectivity index (χ0) is 11.4. The first kappa shape index (κ1) is 11.7. The largest absolute Gasteiger partial charge is 0.351 e. The average molecular weight is 210 g/mol. The van der Waals surface area contributed by atoms with Gasteiger partial charge in [-0.3, -0.25) is 9.48 Å². The second-order valence-corrected chi connectivity index (χ2v) is 3.58. The number of amides is 1. The highest BCUT2D eigenvalue weighted by Crippen LogP contribution is 2.10. The molecule has 0 aliphatic rings. The van der Waals surface area contributed by atoms with Crippen LogP contribution in [-0.2, 0) is 18.4 Å². The van der Waals surface area contributed by atoms with Crippen LogP contribution in [0, 0.1) is 13.8 Å². The highest BCUT2D eigenvalue weighted by Gasteiger charge is 2.09. The number of aryl methyl sites for hydroxylation is 2. The Bertz CT molecular complexity index is 357. The first-order valence-corrected chi connectivity index (χ1v) is 4.96. The number of hydrogen-bond donors (Lipinski definition) is 2. The minimum atomic E-state index is 0.000142. The number of nitrogens with zero attached hydrogens (tertiary/aromatic N) is 2. The summed E-state index contributed by atoms with van der Waals surface area (Å²) < 4.78 is 1.83. The van der Waals surface area contributed by atoms with Crippen molar-refractivity contribution in [1.82, 2.24) is 20.4 Å². The molecule has 0 saturated heterocycles. The summed E-state index contributed by atoms with van der Waals surface area (Å²) in [4.78, 5) is 11.2. The lowest BCUT2D eigenvalue weighted by Gasteiger charge is -2.05. The molecule has 0 atom stereocenters. The number of aromatic nitrogens is 2. The summed E-state index contributed by atoms with van der Waals surface area (Å²) in [6, 6.07) is 0. The highest BCUT2D eigenvalue weighted by atomic mass is 16.1. The summed E-state index contributed by atoms with van der Waals surface area (Å²) in [6.07, 6.45) is 0. The monoisotopic (exact) mass is 210 g/mol. The summed E-state index contributed by atoms with van der Waals surface area (Å²) in [6.45, 7) is 4.84. The number of likely N-dealkylation sites (N-methyl/N-ethyl adjacent to an activating group) is 1. The Kier molecular flexibility index (Phi) is 3.85. The molecule has 1 aromatic rings. The van der Waals surface area contributed by atoms with Crippen LogP contribution < -0.4 is 10.6 Å². The molecule has 0 aliphatic carbocycles. The second kappa shape index (κ2) is 4.93. The van der Waals surface area contributed by atoms with Crippen molar-refractivity contribution in [2.75, 3.05) is 13.6 Å². The molecule has 5 nitrogen and oxygen atoms in total. The summed E-state index contributed by atoms with van der Waals surface area (Å²) in [7, 11) is 3.65. The molecule has 1 rings (SSSR count). The maximum atomic E-state index is 11.2. The lowest BCUT2D eigenvalue weighted by molar-refractivity contribution is -0.120. The van der Waals surface area contributed by atoms with Gasteiger partial charge >= 0.3 is 0 Å². The third-order valence-electron chi connectivity index (χ3n) is 2.46. The minimum absolute atomic E-state index is 0.000142. The summed E-state index contributed by atoms with van der Waals surface area (Å²) in [5.74, 6) is 0.000142. The van der Waals surface area contributed by atoms with Crippen LogP contribution in [0.15, 0.2) is 0 Å². The molecule has 0 saturated carbocycles. The second-order valence-electron chi connectivity index (χ2n) is 3.58. The van der Waals surface area contributed by atoms with Crippen molar-refractivity contribution in [3.8, 4) is 0 Å². The minimum Gasteiger partial charge on any atom is -0.351 e. The first-order valence-electron chi connectivity index (χ1n) is 4.96.